The molecule has 2 fully saturated rings. The summed E-state index contributed by atoms with van der Waals surface area (Å²) in [7, 11) is 1.88. The Kier molecular flexibility index (Phi) is 8.59. The molecule has 2 atom stereocenters. The summed E-state index contributed by atoms with van der Waals surface area (Å²) in [6, 6.07) is 0. The van der Waals surface area contributed by atoms with Crippen LogP contribution >= 0.6 is 35.7 Å². The van der Waals surface area contributed by atoms with Crippen LogP contribution in [0.2, 0.25) is 0 Å². The highest BCUT2D eigenvalue weighted by atomic mass is 127. The SMILES string of the molecule is CN=C(NCC1CCCO1)N1CCSC(C(C)C)C1.I. The van der Waals surface area contributed by atoms with Gasteiger partial charge in [-0.15, -0.1) is 24.0 Å². The number of hydrogen-bond acceptors (Lipinski definition) is 3. The fourth-order valence-corrected chi connectivity index (χ4v) is 3.91. The maximum Gasteiger partial charge on any atom is 0.193 e. The number of aliphatic imine (C=N–C) groups is 1. The highest BCUT2D eigenvalue weighted by molar-refractivity contribution is 14.0. The molecule has 0 radical (unpaired) electrons. The Morgan fingerprint density at radius 2 is 2.30 bits per heavy atom. The molecule has 2 aliphatic heterocycles. The van der Waals surface area contributed by atoms with Gasteiger partial charge < -0.3 is 15.0 Å². The largest absolute Gasteiger partial charge is 0.376 e. The summed E-state index contributed by atoms with van der Waals surface area (Å²) in [5.74, 6) is 2.97. The van der Waals surface area contributed by atoms with E-state index in [0.717, 1.165) is 43.4 Å². The Hall–Kier alpha value is 0.310. The van der Waals surface area contributed by atoms with Crippen LogP contribution in [0.3, 0.4) is 0 Å². The third kappa shape index (κ3) is 5.26. The first-order valence-corrected chi connectivity index (χ1v) is 8.44. The van der Waals surface area contributed by atoms with Crippen LogP contribution in [0, 0.1) is 5.92 Å². The standard InChI is InChI=1S/C14H27N3OS.HI/c1-11(2)13-10-17(6-8-19-13)14(15-3)16-9-12-5-4-7-18-12;/h11-13H,4-10H2,1-3H3,(H,15,16);1H. The van der Waals surface area contributed by atoms with Gasteiger partial charge in [-0.05, 0) is 18.8 Å². The van der Waals surface area contributed by atoms with Gasteiger partial charge in [0.2, 0.25) is 0 Å². The Morgan fingerprint density at radius 3 is 2.90 bits per heavy atom. The molecule has 0 aromatic rings. The zero-order valence-electron chi connectivity index (χ0n) is 12.8. The molecule has 6 heteroatoms. The molecular formula is C14H28IN3OS. The highest BCUT2D eigenvalue weighted by Crippen LogP contribution is 2.24. The van der Waals surface area contributed by atoms with Crippen LogP contribution in [0.15, 0.2) is 4.99 Å². The minimum absolute atomic E-state index is 0. The topological polar surface area (TPSA) is 36.9 Å². The van der Waals surface area contributed by atoms with Gasteiger partial charge in [-0.2, -0.15) is 11.8 Å². The van der Waals surface area contributed by atoms with Gasteiger partial charge in [-0.25, -0.2) is 0 Å². The summed E-state index contributed by atoms with van der Waals surface area (Å²) < 4.78 is 5.65. The van der Waals surface area contributed by atoms with E-state index in [-0.39, 0.29) is 24.0 Å². The third-order valence-corrected chi connectivity index (χ3v) is 5.40. The average molecular weight is 413 g/mol. The first-order chi connectivity index (χ1) is 9.20. The van der Waals surface area contributed by atoms with Crippen LogP contribution < -0.4 is 5.32 Å². The molecule has 0 spiro atoms. The smallest absolute Gasteiger partial charge is 0.193 e. The normalized spacial score (nSPS) is 27.6. The zero-order valence-corrected chi connectivity index (χ0v) is 15.9. The van der Waals surface area contributed by atoms with Gasteiger partial charge in [-0.3, -0.25) is 4.99 Å². The van der Waals surface area contributed by atoms with E-state index in [0.29, 0.717) is 6.10 Å². The highest BCUT2D eigenvalue weighted by Gasteiger charge is 2.25. The molecule has 2 aliphatic rings. The Labute approximate surface area is 144 Å². The molecule has 118 valence electrons. The molecule has 1 N–H and O–H groups in total. The lowest BCUT2D eigenvalue weighted by Gasteiger charge is -2.36. The predicted molar refractivity (Wildman–Crippen MR) is 98.4 cm³/mol. The summed E-state index contributed by atoms with van der Waals surface area (Å²) >= 11 is 2.10. The number of ether oxygens (including phenoxy) is 1. The number of nitrogens with one attached hydrogen (secondary N) is 1. The summed E-state index contributed by atoms with van der Waals surface area (Å²) in [6.07, 6.45) is 2.74. The van der Waals surface area contributed by atoms with Crippen molar-refractivity contribution >= 4 is 41.7 Å². The van der Waals surface area contributed by atoms with E-state index in [1.54, 1.807) is 0 Å². The third-order valence-electron chi connectivity index (χ3n) is 3.86. The zero-order chi connectivity index (χ0) is 13.7. The second-order valence-corrected chi connectivity index (χ2v) is 7.01. The first-order valence-electron chi connectivity index (χ1n) is 7.39. The van der Waals surface area contributed by atoms with Crippen LogP contribution in [-0.2, 0) is 4.74 Å². The molecule has 4 nitrogen and oxygen atoms in total. The van der Waals surface area contributed by atoms with Crippen molar-refractivity contribution in [3.8, 4) is 0 Å². The van der Waals surface area contributed by atoms with Crippen molar-refractivity contribution < 1.29 is 4.74 Å². The Bertz CT molecular complexity index is 309. The average Bonchev–Trinajstić information content (AvgIpc) is 2.93. The van der Waals surface area contributed by atoms with Crippen LogP contribution in [0.5, 0.6) is 0 Å². The summed E-state index contributed by atoms with van der Waals surface area (Å²) in [5.41, 5.74) is 0. The van der Waals surface area contributed by atoms with E-state index < -0.39 is 0 Å². The lowest BCUT2D eigenvalue weighted by atomic mass is 10.1. The molecule has 0 aromatic heterocycles. The fourth-order valence-electron chi connectivity index (χ4n) is 2.61. The predicted octanol–water partition coefficient (Wildman–Crippen LogP) is 2.43. The van der Waals surface area contributed by atoms with Crippen LogP contribution in [0.4, 0.5) is 0 Å². The van der Waals surface area contributed by atoms with Gasteiger partial charge >= 0.3 is 0 Å². The molecule has 2 rings (SSSR count). The lowest BCUT2D eigenvalue weighted by Crippen LogP contribution is -2.50. The summed E-state index contributed by atoms with van der Waals surface area (Å²) in [5, 5.41) is 4.20. The van der Waals surface area contributed by atoms with E-state index >= 15 is 0 Å². The van der Waals surface area contributed by atoms with Gasteiger partial charge in [-0.1, -0.05) is 13.8 Å². The molecule has 20 heavy (non-hydrogen) atoms. The van der Waals surface area contributed by atoms with Gasteiger partial charge in [0.25, 0.3) is 0 Å². The minimum atomic E-state index is 0. The van der Waals surface area contributed by atoms with Crippen molar-refractivity contribution in [3.63, 3.8) is 0 Å². The molecule has 2 heterocycles. The van der Waals surface area contributed by atoms with E-state index in [4.69, 9.17) is 4.74 Å². The quantitative estimate of drug-likeness (QED) is 0.438. The summed E-state index contributed by atoms with van der Waals surface area (Å²) in [4.78, 5) is 6.83. The van der Waals surface area contributed by atoms with E-state index in [1.807, 2.05) is 7.05 Å². The van der Waals surface area contributed by atoms with Gasteiger partial charge in [0.15, 0.2) is 5.96 Å². The van der Waals surface area contributed by atoms with E-state index in [1.165, 1.54) is 18.6 Å². The Morgan fingerprint density at radius 1 is 1.50 bits per heavy atom. The molecule has 2 saturated heterocycles. The number of hydrogen-bond donors (Lipinski definition) is 1. The van der Waals surface area contributed by atoms with Crippen molar-refractivity contribution in [3.05, 3.63) is 0 Å². The second kappa shape index (κ2) is 9.35. The van der Waals surface area contributed by atoms with Crippen molar-refractivity contribution in [2.75, 3.05) is 39.0 Å². The fraction of sp³-hybridized carbons (Fsp3) is 0.929. The van der Waals surface area contributed by atoms with Crippen molar-refractivity contribution in [1.29, 1.82) is 0 Å². The maximum atomic E-state index is 5.65. The minimum Gasteiger partial charge on any atom is -0.376 e. The molecule has 0 aliphatic carbocycles. The second-order valence-electron chi connectivity index (χ2n) is 5.66. The number of thioether (sulfide) groups is 1. The molecule has 0 saturated carbocycles. The van der Waals surface area contributed by atoms with Gasteiger partial charge in [0, 0.05) is 44.3 Å². The number of halogens is 1. The first kappa shape index (κ1) is 18.4. The molecule has 2 unspecified atom stereocenters. The van der Waals surface area contributed by atoms with E-state index in [9.17, 15) is 0 Å². The van der Waals surface area contributed by atoms with Crippen LogP contribution in [-0.4, -0.2) is 61.3 Å². The Balaban J connectivity index is 0.00000200. The molecule has 0 amide bonds. The van der Waals surface area contributed by atoms with E-state index in [2.05, 4.69) is 40.8 Å². The van der Waals surface area contributed by atoms with Crippen LogP contribution in [0.1, 0.15) is 26.7 Å². The monoisotopic (exact) mass is 413 g/mol. The lowest BCUT2D eigenvalue weighted by molar-refractivity contribution is 0.113. The molecule has 0 aromatic carbocycles. The molecule has 0 bridgehead atoms. The number of rotatable bonds is 3. The van der Waals surface area contributed by atoms with Crippen molar-refractivity contribution in [2.45, 2.75) is 38.0 Å². The number of nitrogens with zero attached hydrogens (tertiary/aromatic N) is 2. The molecular weight excluding hydrogens is 385 g/mol. The number of guanidine groups is 1. The maximum absolute atomic E-state index is 5.65. The van der Waals surface area contributed by atoms with Crippen LogP contribution in [0.25, 0.3) is 0 Å². The van der Waals surface area contributed by atoms with Gasteiger partial charge in [0.05, 0.1) is 6.10 Å². The summed E-state index contributed by atoms with van der Waals surface area (Å²) in [6.45, 7) is 8.63. The van der Waals surface area contributed by atoms with Gasteiger partial charge in [0.1, 0.15) is 0 Å². The van der Waals surface area contributed by atoms with Crippen molar-refractivity contribution in [2.24, 2.45) is 10.9 Å². The van der Waals surface area contributed by atoms with Crippen molar-refractivity contribution in [1.82, 2.24) is 10.2 Å².